The molecule has 0 amide bonds. The molecule has 2 aromatic rings. The Labute approximate surface area is 126 Å². The lowest BCUT2D eigenvalue weighted by Gasteiger charge is -2.21. The molecule has 20 heavy (non-hydrogen) atoms. The van der Waals surface area contributed by atoms with Gasteiger partial charge in [-0.15, -0.1) is 0 Å². The summed E-state index contributed by atoms with van der Waals surface area (Å²) in [7, 11) is 0. The van der Waals surface area contributed by atoms with E-state index in [-0.39, 0.29) is 5.41 Å². The van der Waals surface area contributed by atoms with Crippen LogP contribution in [0.2, 0.25) is 0 Å². The average Bonchev–Trinajstić information content (AvgIpc) is 2.69. The van der Waals surface area contributed by atoms with Gasteiger partial charge in [-0.1, -0.05) is 56.0 Å². The van der Waals surface area contributed by atoms with Crippen LogP contribution >= 0.6 is 12.6 Å². The standard InChI is InChI=1S/C19H18S/c1-19(2)17-9-4-3-8-15(17)16-11-10-14(13-18(16)19)7-5-6-12-20/h3-4,8-11,13,20H,6,12H2,1-2H3. The number of hydrogen-bond donors (Lipinski definition) is 1. The summed E-state index contributed by atoms with van der Waals surface area (Å²) in [6.45, 7) is 4.59. The first-order valence-corrected chi connectivity index (χ1v) is 7.62. The van der Waals surface area contributed by atoms with Crippen molar-refractivity contribution >= 4 is 12.6 Å². The van der Waals surface area contributed by atoms with E-state index < -0.39 is 0 Å². The molecule has 0 N–H and O–H groups in total. The molecule has 0 bridgehead atoms. The molecular formula is C19H18S. The largest absolute Gasteiger partial charge is 0.178 e. The smallest absolute Gasteiger partial charge is 0.0248 e. The van der Waals surface area contributed by atoms with Crippen LogP contribution in [0.1, 0.15) is 37.0 Å². The fourth-order valence-electron chi connectivity index (χ4n) is 3.00. The number of thiol groups is 1. The third-order valence-electron chi connectivity index (χ3n) is 4.05. The predicted molar refractivity (Wildman–Crippen MR) is 89.4 cm³/mol. The predicted octanol–water partition coefficient (Wildman–Crippen LogP) is 4.66. The van der Waals surface area contributed by atoms with E-state index >= 15 is 0 Å². The van der Waals surface area contributed by atoms with Crippen LogP contribution in [0.25, 0.3) is 11.1 Å². The van der Waals surface area contributed by atoms with E-state index in [2.05, 4.69) is 80.8 Å². The van der Waals surface area contributed by atoms with Crippen molar-refractivity contribution in [3.63, 3.8) is 0 Å². The fourth-order valence-corrected chi connectivity index (χ4v) is 3.11. The maximum atomic E-state index is 4.19. The zero-order valence-corrected chi connectivity index (χ0v) is 12.8. The number of hydrogen-bond acceptors (Lipinski definition) is 1. The quantitative estimate of drug-likeness (QED) is 0.569. The van der Waals surface area contributed by atoms with Gasteiger partial charge in [-0.2, -0.15) is 12.6 Å². The normalized spacial score (nSPS) is 14.2. The van der Waals surface area contributed by atoms with Gasteiger partial charge in [0.15, 0.2) is 0 Å². The second kappa shape index (κ2) is 5.04. The van der Waals surface area contributed by atoms with Gasteiger partial charge in [-0.05, 0) is 34.4 Å². The van der Waals surface area contributed by atoms with Crippen molar-refractivity contribution in [2.75, 3.05) is 5.75 Å². The number of fused-ring (bicyclic) bond motifs is 3. The summed E-state index contributed by atoms with van der Waals surface area (Å²) in [5, 5.41) is 0. The SMILES string of the molecule is CC1(C)c2ccccc2-c2ccc(C#CCCS)cc21. The Hall–Kier alpha value is -1.65. The van der Waals surface area contributed by atoms with E-state index in [1.807, 2.05) is 0 Å². The van der Waals surface area contributed by atoms with Crippen molar-refractivity contribution in [3.8, 4) is 23.0 Å². The summed E-state index contributed by atoms with van der Waals surface area (Å²) in [5.41, 5.74) is 6.68. The number of benzene rings is 2. The third kappa shape index (κ3) is 2.05. The molecule has 0 saturated heterocycles. The highest BCUT2D eigenvalue weighted by Crippen LogP contribution is 2.48. The second-order valence-corrected chi connectivity index (χ2v) is 6.15. The molecule has 0 saturated carbocycles. The van der Waals surface area contributed by atoms with E-state index in [4.69, 9.17) is 0 Å². The summed E-state index contributed by atoms with van der Waals surface area (Å²) in [4.78, 5) is 0. The molecule has 0 heterocycles. The van der Waals surface area contributed by atoms with Crippen LogP contribution in [-0.4, -0.2) is 5.75 Å². The van der Waals surface area contributed by atoms with Gasteiger partial charge >= 0.3 is 0 Å². The van der Waals surface area contributed by atoms with Crippen molar-refractivity contribution in [2.24, 2.45) is 0 Å². The molecule has 0 radical (unpaired) electrons. The van der Waals surface area contributed by atoms with E-state index in [1.54, 1.807) is 0 Å². The lowest BCUT2D eigenvalue weighted by Crippen LogP contribution is -2.14. The Balaban J connectivity index is 2.11. The Kier molecular flexibility index (Phi) is 3.36. The van der Waals surface area contributed by atoms with E-state index in [1.165, 1.54) is 22.3 Å². The van der Waals surface area contributed by atoms with Crippen molar-refractivity contribution < 1.29 is 0 Å². The average molecular weight is 278 g/mol. The monoisotopic (exact) mass is 278 g/mol. The molecule has 0 atom stereocenters. The summed E-state index contributed by atoms with van der Waals surface area (Å²) in [5.74, 6) is 7.22. The maximum absolute atomic E-state index is 4.19. The van der Waals surface area contributed by atoms with Crippen LogP contribution in [0.15, 0.2) is 42.5 Å². The van der Waals surface area contributed by atoms with Gasteiger partial charge in [0.2, 0.25) is 0 Å². The molecule has 0 spiro atoms. The molecular weight excluding hydrogens is 260 g/mol. The van der Waals surface area contributed by atoms with Gasteiger partial charge in [0.05, 0.1) is 0 Å². The van der Waals surface area contributed by atoms with Crippen molar-refractivity contribution in [2.45, 2.75) is 25.7 Å². The van der Waals surface area contributed by atoms with Crippen LogP contribution < -0.4 is 0 Å². The molecule has 0 aromatic heterocycles. The highest BCUT2D eigenvalue weighted by molar-refractivity contribution is 7.80. The zero-order chi connectivity index (χ0) is 14.2. The van der Waals surface area contributed by atoms with E-state index in [9.17, 15) is 0 Å². The number of rotatable bonds is 1. The molecule has 100 valence electrons. The summed E-state index contributed by atoms with van der Waals surface area (Å²) in [6, 6.07) is 15.3. The zero-order valence-electron chi connectivity index (χ0n) is 11.9. The van der Waals surface area contributed by atoms with Crippen LogP contribution in [0, 0.1) is 11.8 Å². The van der Waals surface area contributed by atoms with Crippen LogP contribution in [0.4, 0.5) is 0 Å². The van der Waals surface area contributed by atoms with Crippen molar-refractivity contribution in [1.82, 2.24) is 0 Å². The molecule has 1 aliphatic carbocycles. The first-order chi connectivity index (χ1) is 9.64. The minimum atomic E-state index is 0.0627. The molecule has 0 nitrogen and oxygen atoms in total. The molecule has 1 heteroatoms. The van der Waals surface area contributed by atoms with E-state index in [0.717, 1.165) is 17.7 Å². The molecule has 3 rings (SSSR count). The maximum Gasteiger partial charge on any atom is 0.0248 e. The van der Waals surface area contributed by atoms with Gasteiger partial charge in [-0.3, -0.25) is 0 Å². The minimum Gasteiger partial charge on any atom is -0.178 e. The van der Waals surface area contributed by atoms with Gasteiger partial charge in [-0.25, -0.2) is 0 Å². The Morgan fingerprint density at radius 1 is 1.00 bits per heavy atom. The molecule has 1 aliphatic rings. The van der Waals surface area contributed by atoms with Gasteiger partial charge in [0, 0.05) is 23.2 Å². The highest BCUT2D eigenvalue weighted by atomic mass is 32.1. The van der Waals surface area contributed by atoms with Gasteiger partial charge in [0.25, 0.3) is 0 Å². The van der Waals surface area contributed by atoms with Gasteiger partial charge in [0.1, 0.15) is 0 Å². The molecule has 0 fully saturated rings. The minimum absolute atomic E-state index is 0.0627. The van der Waals surface area contributed by atoms with E-state index in [0.29, 0.717) is 0 Å². The van der Waals surface area contributed by atoms with Crippen LogP contribution in [0.3, 0.4) is 0 Å². The summed E-state index contributed by atoms with van der Waals surface area (Å²) >= 11 is 4.19. The lowest BCUT2D eigenvalue weighted by atomic mass is 9.82. The fraction of sp³-hybridized carbons (Fsp3) is 0.263. The summed E-state index contributed by atoms with van der Waals surface area (Å²) in [6.07, 6.45) is 0.837. The highest BCUT2D eigenvalue weighted by Gasteiger charge is 2.34. The molecule has 0 unspecified atom stereocenters. The van der Waals surface area contributed by atoms with Crippen LogP contribution in [0.5, 0.6) is 0 Å². The van der Waals surface area contributed by atoms with Crippen molar-refractivity contribution in [1.29, 1.82) is 0 Å². The first kappa shape index (κ1) is 13.3. The Morgan fingerprint density at radius 2 is 1.75 bits per heavy atom. The van der Waals surface area contributed by atoms with Crippen molar-refractivity contribution in [3.05, 3.63) is 59.2 Å². The Bertz CT molecular complexity index is 714. The topological polar surface area (TPSA) is 0 Å². The molecule has 2 aromatic carbocycles. The molecule has 0 aliphatic heterocycles. The lowest BCUT2D eigenvalue weighted by molar-refractivity contribution is 0.660. The summed E-state index contributed by atoms with van der Waals surface area (Å²) < 4.78 is 0. The van der Waals surface area contributed by atoms with Crippen LogP contribution in [-0.2, 0) is 5.41 Å². The van der Waals surface area contributed by atoms with Gasteiger partial charge < -0.3 is 0 Å². The first-order valence-electron chi connectivity index (χ1n) is 6.99. The second-order valence-electron chi connectivity index (χ2n) is 5.71. The third-order valence-corrected chi connectivity index (χ3v) is 4.28. The Morgan fingerprint density at radius 3 is 2.55 bits per heavy atom.